The minimum Gasteiger partial charge on any atom is -0.493 e. The van der Waals surface area contributed by atoms with Crippen molar-refractivity contribution in [1.82, 2.24) is 25.3 Å². The molecule has 2 aliphatic rings. The second-order valence-electron chi connectivity index (χ2n) is 12.8. The molecule has 5 rings (SSSR count). The van der Waals surface area contributed by atoms with Gasteiger partial charge in [-0.25, -0.2) is 0 Å². The van der Waals surface area contributed by atoms with Crippen molar-refractivity contribution in [3.8, 4) is 17.2 Å². The van der Waals surface area contributed by atoms with Gasteiger partial charge in [0.25, 0.3) is 0 Å². The number of nitrogens with zero attached hydrogens (tertiary/aromatic N) is 3. The summed E-state index contributed by atoms with van der Waals surface area (Å²) in [4.78, 5) is 30.6. The van der Waals surface area contributed by atoms with Crippen molar-refractivity contribution < 1.29 is 28.5 Å². The zero-order valence-electron chi connectivity index (χ0n) is 26.9. The second kappa shape index (κ2) is 14.4. The number of hydrogen-bond donors (Lipinski definition) is 2. The Labute approximate surface area is 265 Å². The summed E-state index contributed by atoms with van der Waals surface area (Å²) in [6.45, 7) is 9.23. The van der Waals surface area contributed by atoms with E-state index in [1.54, 1.807) is 19.1 Å². The molecular weight excluding hydrogens is 574 g/mol. The van der Waals surface area contributed by atoms with Crippen molar-refractivity contribution in [2.75, 3.05) is 47.0 Å². The lowest BCUT2D eigenvalue weighted by molar-refractivity contribution is -0.137. The Morgan fingerprint density at radius 2 is 1.87 bits per heavy atom. The highest BCUT2D eigenvalue weighted by Crippen LogP contribution is 2.33. The SMILES string of the molecule is COCCN1CC(=O)N[C@H]2CN(Cc3cc(C(C)(C)C)n[nH]3)C[C@@H]2OCc2cccc(c2)Oc2cc(ccc2OC)CCC1=O. The van der Waals surface area contributed by atoms with Gasteiger partial charge in [0, 0.05) is 50.8 Å². The van der Waals surface area contributed by atoms with Gasteiger partial charge in [0.15, 0.2) is 11.5 Å². The van der Waals surface area contributed by atoms with Gasteiger partial charge in [-0.2, -0.15) is 5.10 Å². The number of benzene rings is 2. The molecule has 242 valence electrons. The zero-order valence-corrected chi connectivity index (χ0v) is 26.9. The fourth-order valence-corrected chi connectivity index (χ4v) is 5.67. The standard InChI is InChI=1S/C34H45N5O6/c1-34(2,3)31-17-25(36-37-31)18-38-19-27-30(20-38)44-22-24-7-6-8-26(15-24)45-29-16-23(9-11-28(29)43-5)10-12-33(41)39(13-14-42-4)21-32(40)35-27/h6-9,11,15-17,27,30H,10,12-14,18-22H2,1-5H3,(H,35,40)(H,36,37)/t27-,30-/m0/s1. The van der Waals surface area contributed by atoms with Gasteiger partial charge in [0.1, 0.15) is 5.75 Å². The highest BCUT2D eigenvalue weighted by molar-refractivity contribution is 5.85. The van der Waals surface area contributed by atoms with Gasteiger partial charge >= 0.3 is 0 Å². The van der Waals surface area contributed by atoms with Gasteiger partial charge in [0.2, 0.25) is 11.8 Å². The molecule has 1 aromatic heterocycles. The van der Waals surface area contributed by atoms with Gasteiger partial charge in [0.05, 0.1) is 44.7 Å². The lowest BCUT2D eigenvalue weighted by atomic mass is 9.92. The molecule has 2 aromatic carbocycles. The average Bonchev–Trinajstić information content (AvgIpc) is 3.64. The number of H-pyrrole nitrogens is 1. The van der Waals surface area contributed by atoms with Crippen LogP contribution in [-0.2, 0) is 44.1 Å². The van der Waals surface area contributed by atoms with Crippen molar-refractivity contribution in [3.63, 3.8) is 0 Å². The number of ether oxygens (including phenoxy) is 4. The first kappa shape index (κ1) is 32.5. The van der Waals surface area contributed by atoms with Crippen molar-refractivity contribution in [1.29, 1.82) is 0 Å². The lowest BCUT2D eigenvalue weighted by Crippen LogP contribution is -2.49. The number of fused-ring (bicyclic) bond motifs is 5. The molecule has 3 aromatic rings. The van der Waals surface area contributed by atoms with E-state index >= 15 is 0 Å². The van der Waals surface area contributed by atoms with E-state index in [9.17, 15) is 9.59 Å². The van der Waals surface area contributed by atoms with Crippen LogP contribution in [0.15, 0.2) is 48.5 Å². The molecule has 1 saturated heterocycles. The first-order chi connectivity index (χ1) is 21.6. The van der Waals surface area contributed by atoms with E-state index < -0.39 is 0 Å². The van der Waals surface area contributed by atoms with Crippen LogP contribution in [-0.4, -0.2) is 91.0 Å². The quantitative estimate of drug-likeness (QED) is 0.428. The Balaban J connectivity index is 1.39. The fraction of sp³-hybridized carbons (Fsp3) is 0.500. The second-order valence-corrected chi connectivity index (χ2v) is 12.8. The van der Waals surface area contributed by atoms with Crippen molar-refractivity contribution in [3.05, 3.63) is 71.0 Å². The first-order valence-electron chi connectivity index (χ1n) is 15.5. The Hall–Kier alpha value is -3.93. The molecule has 2 N–H and O–H groups in total. The molecule has 1 fully saturated rings. The highest BCUT2D eigenvalue weighted by Gasteiger charge is 2.35. The summed E-state index contributed by atoms with van der Waals surface area (Å²) < 4.78 is 23.5. The molecule has 0 saturated carbocycles. The number of aromatic amines is 1. The molecule has 0 unspecified atom stereocenters. The summed E-state index contributed by atoms with van der Waals surface area (Å²) in [6.07, 6.45) is 0.465. The van der Waals surface area contributed by atoms with Crippen LogP contribution < -0.4 is 14.8 Å². The number of methoxy groups -OCH3 is 2. The summed E-state index contributed by atoms with van der Waals surface area (Å²) in [5.74, 6) is 1.47. The third-order valence-electron chi connectivity index (χ3n) is 8.18. The minimum absolute atomic E-state index is 0.0556. The monoisotopic (exact) mass is 619 g/mol. The molecule has 2 atom stereocenters. The molecule has 0 spiro atoms. The number of nitrogens with one attached hydrogen (secondary N) is 2. The molecule has 3 heterocycles. The molecule has 2 aliphatic heterocycles. The Bertz CT molecular complexity index is 1470. The molecule has 11 nitrogen and oxygen atoms in total. The van der Waals surface area contributed by atoms with Gasteiger partial charge in [-0.15, -0.1) is 0 Å². The van der Waals surface area contributed by atoms with Crippen molar-refractivity contribution in [2.45, 2.75) is 64.3 Å². The predicted octanol–water partition coefficient (Wildman–Crippen LogP) is 3.82. The van der Waals surface area contributed by atoms with Crippen molar-refractivity contribution >= 4 is 11.8 Å². The molecule has 2 amide bonds. The van der Waals surface area contributed by atoms with Crippen LogP contribution in [0.5, 0.6) is 17.2 Å². The van der Waals surface area contributed by atoms with E-state index in [0.29, 0.717) is 63.1 Å². The van der Waals surface area contributed by atoms with Crippen LogP contribution in [0, 0.1) is 0 Å². The number of aryl methyl sites for hydroxylation is 1. The molecular formula is C34H45N5O6. The largest absolute Gasteiger partial charge is 0.493 e. The van der Waals surface area contributed by atoms with Crippen molar-refractivity contribution in [2.24, 2.45) is 0 Å². The third-order valence-corrected chi connectivity index (χ3v) is 8.18. The van der Waals surface area contributed by atoms with Crippen LogP contribution in [0.1, 0.15) is 49.7 Å². The highest BCUT2D eigenvalue weighted by atomic mass is 16.5. The Morgan fingerprint density at radius 1 is 1.02 bits per heavy atom. The first-order valence-corrected chi connectivity index (χ1v) is 15.5. The number of aromatic nitrogens is 2. The summed E-state index contributed by atoms with van der Waals surface area (Å²) in [5, 5.41) is 10.9. The van der Waals surface area contributed by atoms with E-state index in [2.05, 4.69) is 47.3 Å². The number of amides is 2. The van der Waals surface area contributed by atoms with Crippen LogP contribution in [0.2, 0.25) is 0 Å². The molecule has 11 heteroatoms. The normalized spacial score (nSPS) is 20.2. The van der Waals surface area contributed by atoms with Gasteiger partial charge in [-0.3, -0.25) is 19.6 Å². The predicted molar refractivity (Wildman–Crippen MR) is 169 cm³/mol. The average molecular weight is 620 g/mol. The van der Waals surface area contributed by atoms with Gasteiger partial charge in [-0.05, 0) is 47.9 Å². The number of likely N-dealkylation sites (tertiary alicyclic amines) is 1. The van der Waals surface area contributed by atoms with Gasteiger partial charge in [-0.1, -0.05) is 39.0 Å². The number of carbonyl (C=O) groups excluding carboxylic acids is 2. The van der Waals surface area contributed by atoms with E-state index in [1.807, 2.05) is 42.5 Å². The van der Waals surface area contributed by atoms with Crippen LogP contribution in [0.4, 0.5) is 0 Å². The molecule has 0 radical (unpaired) electrons. The van der Waals surface area contributed by atoms with Crippen LogP contribution in [0.25, 0.3) is 0 Å². The maximum absolute atomic E-state index is 13.4. The summed E-state index contributed by atoms with van der Waals surface area (Å²) in [6, 6.07) is 15.3. The molecule has 4 bridgehead atoms. The van der Waals surface area contributed by atoms with Gasteiger partial charge < -0.3 is 29.2 Å². The Kier molecular flexibility index (Phi) is 10.4. The summed E-state index contributed by atoms with van der Waals surface area (Å²) >= 11 is 0. The zero-order chi connectivity index (χ0) is 32.0. The Morgan fingerprint density at radius 3 is 2.62 bits per heavy atom. The van der Waals surface area contributed by atoms with E-state index in [4.69, 9.17) is 18.9 Å². The van der Waals surface area contributed by atoms with E-state index in [0.717, 1.165) is 22.5 Å². The number of rotatable bonds is 6. The van der Waals surface area contributed by atoms with Crippen LogP contribution >= 0.6 is 0 Å². The van der Waals surface area contributed by atoms with Crippen LogP contribution in [0.3, 0.4) is 0 Å². The maximum atomic E-state index is 13.4. The third kappa shape index (κ3) is 8.62. The fourth-order valence-electron chi connectivity index (χ4n) is 5.67. The number of carbonyl (C=O) groups is 2. The van der Waals surface area contributed by atoms with E-state index in [-0.39, 0.29) is 42.3 Å². The van der Waals surface area contributed by atoms with E-state index in [1.165, 1.54) is 0 Å². The molecule has 45 heavy (non-hydrogen) atoms. The topological polar surface area (TPSA) is 118 Å². The molecule has 0 aliphatic carbocycles. The summed E-state index contributed by atoms with van der Waals surface area (Å²) in [5.41, 5.74) is 3.84. The number of hydrogen-bond acceptors (Lipinski definition) is 8. The summed E-state index contributed by atoms with van der Waals surface area (Å²) in [7, 11) is 3.18. The minimum atomic E-state index is -0.262. The maximum Gasteiger partial charge on any atom is 0.239 e. The lowest BCUT2D eigenvalue weighted by Gasteiger charge is -2.25. The smallest absolute Gasteiger partial charge is 0.239 e.